The van der Waals surface area contributed by atoms with Crippen molar-refractivity contribution < 1.29 is 9.53 Å². The van der Waals surface area contributed by atoms with Gasteiger partial charge in [-0.15, -0.1) is 0 Å². The molecule has 0 spiro atoms. The van der Waals surface area contributed by atoms with Crippen molar-refractivity contribution in [3.63, 3.8) is 0 Å². The van der Waals surface area contributed by atoms with Gasteiger partial charge in [0.05, 0.1) is 18.6 Å². The molecule has 1 aliphatic heterocycles. The molecular formula is C6H10O2. The molecule has 0 aromatic rings. The summed E-state index contributed by atoms with van der Waals surface area (Å²) in [7, 11) is 0. The van der Waals surface area contributed by atoms with E-state index in [0.29, 0.717) is 6.61 Å². The largest absolute Gasteiger partial charge is 0.377 e. The summed E-state index contributed by atoms with van der Waals surface area (Å²) in [4.78, 5) is 10.1. The van der Waals surface area contributed by atoms with Crippen LogP contribution in [0.25, 0.3) is 0 Å². The summed E-state index contributed by atoms with van der Waals surface area (Å²) in [5, 5.41) is 0. The molecule has 2 atom stereocenters. The summed E-state index contributed by atoms with van der Waals surface area (Å²) in [5.41, 5.74) is 0. The Hall–Kier alpha value is -0.370. The van der Waals surface area contributed by atoms with Crippen molar-refractivity contribution >= 4 is 6.29 Å². The van der Waals surface area contributed by atoms with E-state index in [4.69, 9.17) is 4.74 Å². The van der Waals surface area contributed by atoms with Crippen LogP contribution in [0.2, 0.25) is 0 Å². The van der Waals surface area contributed by atoms with Gasteiger partial charge in [-0.3, -0.25) is 0 Å². The van der Waals surface area contributed by atoms with Crippen LogP contribution in [-0.2, 0) is 9.53 Å². The molecule has 1 rings (SSSR count). The molecular weight excluding hydrogens is 104 g/mol. The minimum Gasteiger partial charge on any atom is -0.377 e. The van der Waals surface area contributed by atoms with E-state index in [0.717, 1.165) is 12.7 Å². The number of hydrogen-bond acceptors (Lipinski definition) is 2. The summed E-state index contributed by atoms with van der Waals surface area (Å²) < 4.78 is 5.05. The van der Waals surface area contributed by atoms with E-state index in [1.807, 2.05) is 6.92 Å². The summed E-state index contributed by atoms with van der Waals surface area (Å²) >= 11 is 0. The number of rotatable bonds is 2. The SMILES string of the molecule is CCC1OCC1C=O. The van der Waals surface area contributed by atoms with Gasteiger partial charge < -0.3 is 9.53 Å². The molecule has 2 nitrogen and oxygen atoms in total. The van der Waals surface area contributed by atoms with Crippen LogP contribution >= 0.6 is 0 Å². The highest BCUT2D eigenvalue weighted by Gasteiger charge is 2.29. The third-order valence-corrected chi connectivity index (χ3v) is 1.56. The molecule has 0 bridgehead atoms. The lowest BCUT2D eigenvalue weighted by Gasteiger charge is -2.31. The fraction of sp³-hybridized carbons (Fsp3) is 0.833. The van der Waals surface area contributed by atoms with Gasteiger partial charge in [-0.2, -0.15) is 0 Å². The normalized spacial score (nSPS) is 36.1. The molecule has 1 fully saturated rings. The summed E-state index contributed by atoms with van der Waals surface area (Å²) in [6.45, 7) is 2.67. The molecule has 0 aromatic carbocycles. The fourth-order valence-electron chi connectivity index (χ4n) is 0.891. The molecule has 0 aromatic heterocycles. The van der Waals surface area contributed by atoms with Crippen molar-refractivity contribution in [3.05, 3.63) is 0 Å². The zero-order chi connectivity index (χ0) is 5.98. The van der Waals surface area contributed by atoms with Crippen LogP contribution in [0.15, 0.2) is 0 Å². The second-order valence-corrected chi connectivity index (χ2v) is 2.08. The van der Waals surface area contributed by atoms with Crippen LogP contribution < -0.4 is 0 Å². The van der Waals surface area contributed by atoms with Gasteiger partial charge in [0.15, 0.2) is 0 Å². The highest BCUT2D eigenvalue weighted by molar-refractivity contribution is 5.55. The molecule has 0 amide bonds. The van der Waals surface area contributed by atoms with Crippen LogP contribution in [0.3, 0.4) is 0 Å². The summed E-state index contributed by atoms with van der Waals surface area (Å²) in [5.74, 6) is 0.194. The number of carbonyl (C=O) groups excluding carboxylic acids is 1. The lowest BCUT2D eigenvalue weighted by atomic mass is 9.98. The second kappa shape index (κ2) is 2.27. The predicted molar refractivity (Wildman–Crippen MR) is 29.6 cm³/mol. The first-order valence-corrected chi connectivity index (χ1v) is 2.95. The van der Waals surface area contributed by atoms with Gasteiger partial charge in [-0.25, -0.2) is 0 Å². The highest BCUT2D eigenvalue weighted by Crippen LogP contribution is 2.20. The average Bonchev–Trinajstić information content (AvgIpc) is 1.66. The first-order valence-electron chi connectivity index (χ1n) is 2.95. The van der Waals surface area contributed by atoms with Crippen LogP contribution in [0.5, 0.6) is 0 Å². The molecule has 46 valence electrons. The van der Waals surface area contributed by atoms with E-state index in [9.17, 15) is 4.79 Å². The monoisotopic (exact) mass is 114 g/mol. The third kappa shape index (κ3) is 0.757. The van der Waals surface area contributed by atoms with Crippen molar-refractivity contribution in [3.8, 4) is 0 Å². The lowest BCUT2D eigenvalue weighted by Crippen LogP contribution is -2.39. The fourth-order valence-corrected chi connectivity index (χ4v) is 0.891. The van der Waals surface area contributed by atoms with Gasteiger partial charge in [0.25, 0.3) is 0 Å². The molecule has 0 N–H and O–H groups in total. The van der Waals surface area contributed by atoms with Gasteiger partial charge in [-0.1, -0.05) is 6.92 Å². The Morgan fingerprint density at radius 1 is 1.88 bits per heavy atom. The Morgan fingerprint density at radius 3 is 2.75 bits per heavy atom. The van der Waals surface area contributed by atoms with Crippen molar-refractivity contribution in [1.82, 2.24) is 0 Å². The third-order valence-electron chi connectivity index (χ3n) is 1.56. The number of hydrogen-bond donors (Lipinski definition) is 0. The van der Waals surface area contributed by atoms with Crippen molar-refractivity contribution in [2.45, 2.75) is 19.4 Å². The van der Waals surface area contributed by atoms with E-state index in [1.54, 1.807) is 0 Å². The number of ether oxygens (including phenoxy) is 1. The standard InChI is InChI=1S/C6H10O2/c1-2-6-5(3-7)4-8-6/h3,5-6H,2,4H2,1H3. The van der Waals surface area contributed by atoms with Gasteiger partial charge in [-0.05, 0) is 6.42 Å². The quantitative estimate of drug-likeness (QED) is 0.492. The van der Waals surface area contributed by atoms with Crippen molar-refractivity contribution in [1.29, 1.82) is 0 Å². The molecule has 8 heavy (non-hydrogen) atoms. The Morgan fingerprint density at radius 2 is 2.62 bits per heavy atom. The average molecular weight is 114 g/mol. The van der Waals surface area contributed by atoms with Gasteiger partial charge >= 0.3 is 0 Å². The van der Waals surface area contributed by atoms with E-state index in [2.05, 4.69) is 0 Å². The van der Waals surface area contributed by atoms with Crippen LogP contribution in [0.4, 0.5) is 0 Å². The molecule has 1 aliphatic rings. The minimum atomic E-state index is 0.194. The van der Waals surface area contributed by atoms with Gasteiger partial charge in [0.2, 0.25) is 0 Å². The smallest absolute Gasteiger partial charge is 0.127 e. The summed E-state index contributed by atoms with van der Waals surface area (Å²) in [6.07, 6.45) is 2.17. The Kier molecular flexibility index (Phi) is 1.63. The Bertz CT molecular complexity index is 88.5. The molecule has 1 heterocycles. The van der Waals surface area contributed by atoms with Crippen LogP contribution in [0.1, 0.15) is 13.3 Å². The summed E-state index contributed by atoms with van der Waals surface area (Å²) in [6, 6.07) is 0. The van der Waals surface area contributed by atoms with Crippen molar-refractivity contribution in [2.24, 2.45) is 5.92 Å². The van der Waals surface area contributed by atoms with Crippen LogP contribution in [-0.4, -0.2) is 19.0 Å². The molecule has 2 heteroatoms. The lowest BCUT2D eigenvalue weighted by molar-refractivity contribution is -0.142. The maximum Gasteiger partial charge on any atom is 0.127 e. The first-order chi connectivity index (χ1) is 3.88. The Labute approximate surface area is 48.8 Å². The number of carbonyl (C=O) groups is 1. The van der Waals surface area contributed by atoms with Gasteiger partial charge in [0.1, 0.15) is 6.29 Å². The highest BCUT2D eigenvalue weighted by atomic mass is 16.5. The van der Waals surface area contributed by atoms with E-state index in [-0.39, 0.29) is 12.0 Å². The van der Waals surface area contributed by atoms with E-state index in [1.165, 1.54) is 0 Å². The Balaban J connectivity index is 2.26. The first kappa shape index (κ1) is 5.76. The number of aldehydes is 1. The minimum absolute atomic E-state index is 0.194. The van der Waals surface area contributed by atoms with Crippen LogP contribution in [0, 0.1) is 5.92 Å². The zero-order valence-electron chi connectivity index (χ0n) is 4.96. The predicted octanol–water partition coefficient (Wildman–Crippen LogP) is 0.610. The molecule has 0 radical (unpaired) electrons. The van der Waals surface area contributed by atoms with Crippen molar-refractivity contribution in [2.75, 3.05) is 6.61 Å². The maximum absolute atomic E-state index is 10.1. The van der Waals surface area contributed by atoms with E-state index >= 15 is 0 Å². The molecule has 1 saturated heterocycles. The van der Waals surface area contributed by atoms with E-state index < -0.39 is 0 Å². The zero-order valence-corrected chi connectivity index (χ0v) is 4.96. The molecule has 0 saturated carbocycles. The topological polar surface area (TPSA) is 26.3 Å². The molecule has 0 aliphatic carbocycles. The van der Waals surface area contributed by atoms with Gasteiger partial charge in [0, 0.05) is 0 Å². The molecule has 2 unspecified atom stereocenters. The second-order valence-electron chi connectivity index (χ2n) is 2.08. The maximum atomic E-state index is 10.1.